The Labute approximate surface area is 170 Å². The van der Waals surface area contributed by atoms with Crippen molar-refractivity contribution in [2.45, 2.75) is 6.92 Å². The molecular weight excluding hydrogens is 389 g/mol. The van der Waals surface area contributed by atoms with Gasteiger partial charge in [0.15, 0.2) is 5.82 Å². The normalized spacial score (nSPS) is 10.7. The highest BCUT2D eigenvalue weighted by atomic mass is 19.1. The van der Waals surface area contributed by atoms with Crippen molar-refractivity contribution < 1.29 is 14.1 Å². The summed E-state index contributed by atoms with van der Waals surface area (Å²) in [6.45, 7) is 1.73. The third-order valence-corrected chi connectivity index (χ3v) is 4.60. The Morgan fingerprint density at radius 3 is 2.57 bits per heavy atom. The number of aryl methyl sites for hydroxylation is 1. The molecule has 1 N–H and O–H groups in total. The number of nitro benzene ring substituents is 1. The van der Waals surface area contributed by atoms with Crippen molar-refractivity contribution in [1.29, 1.82) is 0 Å². The molecule has 0 saturated carbocycles. The second-order valence-electron chi connectivity index (χ2n) is 6.55. The minimum atomic E-state index is -0.531. The first-order valence-electron chi connectivity index (χ1n) is 8.98. The van der Waals surface area contributed by atoms with Crippen LogP contribution in [0.3, 0.4) is 0 Å². The van der Waals surface area contributed by atoms with Crippen LogP contribution in [0.1, 0.15) is 15.9 Å². The molecule has 0 aliphatic rings. The summed E-state index contributed by atoms with van der Waals surface area (Å²) in [4.78, 5) is 23.6. The lowest BCUT2D eigenvalue weighted by molar-refractivity contribution is -0.384. The van der Waals surface area contributed by atoms with Gasteiger partial charge in [0.1, 0.15) is 17.1 Å². The predicted molar refractivity (Wildman–Crippen MR) is 109 cm³/mol. The van der Waals surface area contributed by atoms with E-state index in [1.165, 1.54) is 29.1 Å². The number of carbonyl (C=O) groups excluding carboxylic acids is 1. The Morgan fingerprint density at radius 2 is 1.87 bits per heavy atom. The molecule has 0 radical (unpaired) electrons. The molecule has 9 heteroatoms. The molecule has 0 fully saturated rings. The minimum absolute atomic E-state index is 0.136. The van der Waals surface area contributed by atoms with E-state index in [1.54, 1.807) is 60.3 Å². The number of amides is 1. The van der Waals surface area contributed by atoms with Gasteiger partial charge >= 0.3 is 0 Å². The number of non-ortho nitro benzene ring substituents is 1. The number of carbonyl (C=O) groups is 1. The third-order valence-electron chi connectivity index (χ3n) is 4.60. The molecule has 0 spiro atoms. The first-order valence-corrected chi connectivity index (χ1v) is 8.98. The van der Waals surface area contributed by atoms with Gasteiger partial charge < -0.3 is 9.88 Å². The zero-order chi connectivity index (χ0) is 21.3. The number of para-hydroxylation sites is 1. The van der Waals surface area contributed by atoms with Gasteiger partial charge in [-0.1, -0.05) is 18.2 Å². The van der Waals surface area contributed by atoms with Crippen molar-refractivity contribution in [3.63, 3.8) is 0 Å². The monoisotopic (exact) mass is 405 g/mol. The lowest BCUT2D eigenvalue weighted by Gasteiger charge is -2.12. The summed E-state index contributed by atoms with van der Waals surface area (Å²) in [6.07, 6.45) is 4.76. The molecule has 30 heavy (non-hydrogen) atoms. The molecular formula is C21H16FN5O3. The van der Waals surface area contributed by atoms with Crippen molar-refractivity contribution in [2.75, 3.05) is 5.32 Å². The van der Waals surface area contributed by atoms with Gasteiger partial charge in [0.05, 0.1) is 16.8 Å². The summed E-state index contributed by atoms with van der Waals surface area (Å²) >= 11 is 0. The van der Waals surface area contributed by atoms with Crippen LogP contribution in [-0.4, -0.2) is 25.2 Å². The fraction of sp³-hybridized carbons (Fsp3) is 0.0476. The molecule has 4 aromatic rings. The molecule has 2 heterocycles. The van der Waals surface area contributed by atoms with E-state index in [2.05, 4.69) is 10.4 Å². The van der Waals surface area contributed by atoms with Crippen LogP contribution >= 0.6 is 0 Å². The summed E-state index contributed by atoms with van der Waals surface area (Å²) in [5, 5.41) is 18.0. The number of anilines is 1. The van der Waals surface area contributed by atoms with E-state index in [4.69, 9.17) is 0 Å². The van der Waals surface area contributed by atoms with Gasteiger partial charge in [0.2, 0.25) is 0 Å². The molecule has 0 bridgehead atoms. The fourth-order valence-electron chi connectivity index (χ4n) is 3.07. The van der Waals surface area contributed by atoms with Crippen molar-refractivity contribution in [2.24, 2.45) is 0 Å². The first-order chi connectivity index (χ1) is 14.5. The van der Waals surface area contributed by atoms with Crippen LogP contribution in [0.15, 0.2) is 73.2 Å². The second-order valence-corrected chi connectivity index (χ2v) is 6.55. The van der Waals surface area contributed by atoms with Crippen LogP contribution in [0, 0.1) is 22.9 Å². The van der Waals surface area contributed by atoms with Crippen LogP contribution in [0.2, 0.25) is 0 Å². The topological polar surface area (TPSA) is 95.0 Å². The highest BCUT2D eigenvalue weighted by Gasteiger charge is 2.22. The molecule has 0 unspecified atom stereocenters. The molecule has 0 aliphatic heterocycles. The number of rotatable bonds is 5. The van der Waals surface area contributed by atoms with Crippen molar-refractivity contribution >= 4 is 17.3 Å². The average Bonchev–Trinajstić information content (AvgIpc) is 3.39. The van der Waals surface area contributed by atoms with Gasteiger partial charge in [-0.2, -0.15) is 5.10 Å². The van der Waals surface area contributed by atoms with E-state index in [1.807, 2.05) is 0 Å². The van der Waals surface area contributed by atoms with E-state index < -0.39 is 16.6 Å². The van der Waals surface area contributed by atoms with Crippen LogP contribution in [0.5, 0.6) is 0 Å². The molecule has 0 atom stereocenters. The van der Waals surface area contributed by atoms with E-state index in [9.17, 15) is 19.3 Å². The standard InChI is InChI=1S/C21H16FN5O3/c1-14-8-9-15(27(29)30)12-18(14)24-20(28)16-13-23-26(19-7-3-2-6-17(19)22)21(16)25-10-4-5-11-25/h2-13H,1H3,(H,24,28). The lowest BCUT2D eigenvalue weighted by Crippen LogP contribution is -2.16. The number of benzene rings is 2. The Hall–Kier alpha value is -4.27. The summed E-state index contributed by atoms with van der Waals surface area (Å²) in [5.41, 5.74) is 1.21. The zero-order valence-corrected chi connectivity index (χ0v) is 15.8. The number of halogens is 1. The largest absolute Gasteiger partial charge is 0.321 e. The Morgan fingerprint density at radius 1 is 1.13 bits per heavy atom. The van der Waals surface area contributed by atoms with Gasteiger partial charge in [0.25, 0.3) is 11.6 Å². The van der Waals surface area contributed by atoms with Gasteiger partial charge in [-0.15, -0.1) is 0 Å². The maximum absolute atomic E-state index is 14.4. The van der Waals surface area contributed by atoms with Crippen molar-refractivity contribution in [3.05, 3.63) is 100 Å². The SMILES string of the molecule is Cc1ccc([N+](=O)[O-])cc1NC(=O)c1cnn(-c2ccccc2F)c1-n1cccc1. The second kappa shape index (κ2) is 7.63. The van der Waals surface area contributed by atoms with Gasteiger partial charge in [0, 0.05) is 24.5 Å². The van der Waals surface area contributed by atoms with Crippen molar-refractivity contribution in [1.82, 2.24) is 14.3 Å². The lowest BCUT2D eigenvalue weighted by atomic mass is 10.1. The van der Waals surface area contributed by atoms with E-state index in [-0.39, 0.29) is 16.9 Å². The molecule has 0 aliphatic carbocycles. The van der Waals surface area contributed by atoms with Crippen LogP contribution in [-0.2, 0) is 0 Å². The Bertz CT molecular complexity index is 1250. The molecule has 4 rings (SSSR count). The van der Waals surface area contributed by atoms with Gasteiger partial charge in [-0.3, -0.25) is 14.9 Å². The Kier molecular flexibility index (Phi) is 4.85. The first kappa shape index (κ1) is 19.1. The van der Waals surface area contributed by atoms with Gasteiger partial charge in [-0.25, -0.2) is 9.07 Å². The summed E-state index contributed by atoms with van der Waals surface area (Å²) in [5.74, 6) is -0.675. The van der Waals surface area contributed by atoms with Crippen molar-refractivity contribution in [3.8, 4) is 11.5 Å². The smallest absolute Gasteiger partial charge is 0.271 e. The van der Waals surface area contributed by atoms with E-state index >= 15 is 0 Å². The summed E-state index contributed by atoms with van der Waals surface area (Å²) in [7, 11) is 0. The Balaban J connectivity index is 1.79. The van der Waals surface area contributed by atoms with E-state index in [0.29, 0.717) is 17.1 Å². The number of nitrogens with one attached hydrogen (secondary N) is 1. The van der Waals surface area contributed by atoms with E-state index in [0.717, 1.165) is 0 Å². The maximum Gasteiger partial charge on any atom is 0.271 e. The number of aromatic nitrogens is 3. The quantitative estimate of drug-likeness (QED) is 0.396. The third kappa shape index (κ3) is 3.44. The number of nitrogens with zero attached hydrogens (tertiary/aromatic N) is 4. The molecule has 150 valence electrons. The van der Waals surface area contributed by atoms with Crippen LogP contribution in [0.25, 0.3) is 11.5 Å². The maximum atomic E-state index is 14.4. The molecule has 2 aromatic heterocycles. The highest BCUT2D eigenvalue weighted by molar-refractivity contribution is 6.07. The molecule has 1 amide bonds. The average molecular weight is 405 g/mol. The number of nitro groups is 1. The summed E-state index contributed by atoms with van der Waals surface area (Å²) in [6, 6.07) is 13.9. The predicted octanol–water partition coefficient (Wildman–Crippen LogP) is 4.27. The minimum Gasteiger partial charge on any atom is -0.321 e. The molecule has 8 nitrogen and oxygen atoms in total. The van der Waals surface area contributed by atoms with Crippen LogP contribution in [0.4, 0.5) is 15.8 Å². The van der Waals surface area contributed by atoms with Gasteiger partial charge in [-0.05, 0) is 36.8 Å². The molecule has 2 aromatic carbocycles. The van der Waals surface area contributed by atoms with Crippen LogP contribution < -0.4 is 5.32 Å². The summed E-state index contributed by atoms with van der Waals surface area (Å²) < 4.78 is 17.4. The number of hydrogen-bond acceptors (Lipinski definition) is 4. The number of hydrogen-bond donors (Lipinski definition) is 1. The zero-order valence-electron chi connectivity index (χ0n) is 15.8. The highest BCUT2D eigenvalue weighted by Crippen LogP contribution is 2.25. The molecule has 0 saturated heterocycles. The fourth-order valence-corrected chi connectivity index (χ4v) is 3.07.